The predicted molar refractivity (Wildman–Crippen MR) is 127 cm³/mol. The number of aryl methyl sites for hydroxylation is 2. The molecule has 3 N–H and O–H groups in total. The summed E-state index contributed by atoms with van der Waals surface area (Å²) in [6.07, 6.45) is 1.12. The highest BCUT2D eigenvalue weighted by atomic mass is 16.6. The molecule has 1 unspecified atom stereocenters. The van der Waals surface area contributed by atoms with Crippen LogP contribution in [0.3, 0.4) is 0 Å². The van der Waals surface area contributed by atoms with Crippen molar-refractivity contribution >= 4 is 12.1 Å². The van der Waals surface area contributed by atoms with Crippen molar-refractivity contribution in [3.8, 4) is 0 Å². The second-order valence-corrected chi connectivity index (χ2v) is 8.42. The van der Waals surface area contributed by atoms with E-state index in [-0.39, 0.29) is 6.04 Å². The van der Waals surface area contributed by atoms with Crippen LogP contribution in [-0.2, 0) is 24.1 Å². The second kappa shape index (κ2) is 12.1. The van der Waals surface area contributed by atoms with Gasteiger partial charge in [-0.25, -0.2) is 9.79 Å². The van der Waals surface area contributed by atoms with E-state index in [0.717, 1.165) is 35.4 Å². The summed E-state index contributed by atoms with van der Waals surface area (Å²) in [5.41, 5.74) is 2.39. The van der Waals surface area contributed by atoms with Gasteiger partial charge in [-0.1, -0.05) is 49.3 Å². The molecule has 0 aliphatic heterocycles. The molecule has 8 nitrogen and oxygen atoms in total. The van der Waals surface area contributed by atoms with Crippen LogP contribution in [0, 0.1) is 0 Å². The number of ether oxygens (including phenoxy) is 1. The minimum absolute atomic E-state index is 0.289. The van der Waals surface area contributed by atoms with Crippen molar-refractivity contribution in [1.29, 1.82) is 0 Å². The number of alkyl carbamates (subject to hydrolysis) is 1. The van der Waals surface area contributed by atoms with Crippen molar-refractivity contribution in [2.75, 3.05) is 13.1 Å². The third-order valence-electron chi connectivity index (χ3n) is 4.71. The second-order valence-electron chi connectivity index (χ2n) is 8.42. The number of nitrogens with zero attached hydrogens (tertiary/aromatic N) is 2. The van der Waals surface area contributed by atoms with Crippen LogP contribution < -0.4 is 16.0 Å². The van der Waals surface area contributed by atoms with Gasteiger partial charge in [0.15, 0.2) is 5.96 Å². The van der Waals surface area contributed by atoms with Crippen LogP contribution in [0.25, 0.3) is 0 Å². The normalized spacial score (nSPS) is 12.9. The van der Waals surface area contributed by atoms with Gasteiger partial charge in [-0.2, -0.15) is 0 Å². The molecule has 1 amide bonds. The summed E-state index contributed by atoms with van der Waals surface area (Å²) in [5.74, 6) is 1.53. The molecule has 1 aromatic heterocycles. The highest BCUT2D eigenvalue weighted by Crippen LogP contribution is 2.17. The highest BCUT2D eigenvalue weighted by molar-refractivity contribution is 5.80. The third kappa shape index (κ3) is 7.90. The molecule has 1 heterocycles. The Hall–Kier alpha value is -3.03. The van der Waals surface area contributed by atoms with Gasteiger partial charge in [-0.15, -0.1) is 0 Å². The maximum atomic E-state index is 12.4. The van der Waals surface area contributed by atoms with E-state index in [9.17, 15) is 4.79 Å². The van der Waals surface area contributed by atoms with Crippen LogP contribution in [0.5, 0.6) is 0 Å². The van der Waals surface area contributed by atoms with Gasteiger partial charge in [0.2, 0.25) is 0 Å². The van der Waals surface area contributed by atoms with E-state index >= 15 is 0 Å². The smallest absolute Gasteiger partial charge is 0.408 e. The summed E-state index contributed by atoms with van der Waals surface area (Å²) in [5, 5.41) is 13.7. The monoisotopic (exact) mass is 443 g/mol. The Bertz CT molecular complexity index is 850. The summed E-state index contributed by atoms with van der Waals surface area (Å²) in [6.45, 7) is 13.3. The van der Waals surface area contributed by atoms with Gasteiger partial charge >= 0.3 is 6.09 Å². The molecule has 0 radical (unpaired) electrons. The lowest BCUT2D eigenvalue weighted by Crippen LogP contribution is -2.44. The fourth-order valence-electron chi connectivity index (χ4n) is 3.20. The molecule has 1 atom stereocenters. The first kappa shape index (κ1) is 25.2. The Balaban J connectivity index is 2.14. The van der Waals surface area contributed by atoms with Crippen LogP contribution in [0.1, 0.15) is 70.2 Å². The number of rotatable bonds is 9. The van der Waals surface area contributed by atoms with Crippen LogP contribution in [-0.4, -0.2) is 35.9 Å². The molecule has 8 heteroatoms. The zero-order valence-electron chi connectivity index (χ0n) is 20.1. The molecule has 1 aromatic carbocycles. The van der Waals surface area contributed by atoms with Crippen LogP contribution in [0.15, 0.2) is 39.8 Å². The Morgan fingerprint density at radius 3 is 2.44 bits per heavy atom. The first-order valence-electron chi connectivity index (χ1n) is 11.3. The molecule has 176 valence electrons. The summed E-state index contributed by atoms with van der Waals surface area (Å²) in [7, 11) is 0. The number of hydrogen-bond donors (Lipinski definition) is 3. The van der Waals surface area contributed by atoms with Gasteiger partial charge in [-0.05, 0) is 39.7 Å². The van der Waals surface area contributed by atoms with E-state index < -0.39 is 11.7 Å². The summed E-state index contributed by atoms with van der Waals surface area (Å²) in [6, 6.07) is 9.51. The number of carbonyl (C=O) groups excluding carboxylic acids is 1. The van der Waals surface area contributed by atoms with Crippen molar-refractivity contribution in [2.24, 2.45) is 4.99 Å². The minimum Gasteiger partial charge on any atom is -0.444 e. The average molecular weight is 444 g/mol. The van der Waals surface area contributed by atoms with Crippen LogP contribution in [0.2, 0.25) is 0 Å². The lowest BCUT2D eigenvalue weighted by atomic mass is 10.1. The zero-order chi connectivity index (χ0) is 23.6. The Labute approximate surface area is 191 Å². The molecule has 32 heavy (non-hydrogen) atoms. The number of aliphatic imine (C=N–C) groups is 1. The zero-order valence-corrected chi connectivity index (χ0v) is 20.1. The molecular formula is C24H37N5O3. The molecule has 0 fully saturated rings. The molecule has 2 rings (SSSR count). The number of hydrogen-bond acceptors (Lipinski definition) is 5. The lowest BCUT2D eigenvalue weighted by molar-refractivity contribution is 0.0504. The minimum atomic E-state index is -0.568. The first-order chi connectivity index (χ1) is 15.3. The first-order valence-corrected chi connectivity index (χ1v) is 11.3. The van der Waals surface area contributed by atoms with Crippen molar-refractivity contribution in [3.05, 3.63) is 52.9 Å². The average Bonchev–Trinajstić information content (AvgIpc) is 3.16. The molecule has 2 aromatic rings. The molecule has 0 aliphatic rings. The van der Waals surface area contributed by atoms with Gasteiger partial charge in [-0.3, -0.25) is 0 Å². The maximum Gasteiger partial charge on any atom is 0.408 e. The molecular weight excluding hydrogens is 406 g/mol. The third-order valence-corrected chi connectivity index (χ3v) is 4.71. The van der Waals surface area contributed by atoms with E-state index in [1.54, 1.807) is 0 Å². The molecule has 0 saturated heterocycles. The van der Waals surface area contributed by atoms with Gasteiger partial charge in [0.05, 0.1) is 18.3 Å². The van der Waals surface area contributed by atoms with Crippen molar-refractivity contribution < 1.29 is 14.1 Å². The van der Waals surface area contributed by atoms with Gasteiger partial charge in [0, 0.05) is 25.1 Å². The van der Waals surface area contributed by atoms with E-state index in [2.05, 4.69) is 28.0 Å². The Morgan fingerprint density at radius 1 is 1.12 bits per heavy atom. The SMILES string of the molecule is CCNC(=NCc1c(CC)noc1CC)NCC(NC(=O)OC(C)(C)C)c1ccccc1. The molecule has 0 aliphatic carbocycles. The van der Waals surface area contributed by atoms with E-state index in [1.165, 1.54) is 0 Å². The fraction of sp³-hybridized carbons (Fsp3) is 0.542. The van der Waals surface area contributed by atoms with Crippen LogP contribution >= 0.6 is 0 Å². The summed E-state index contributed by atoms with van der Waals surface area (Å²) in [4.78, 5) is 17.1. The largest absolute Gasteiger partial charge is 0.444 e. The number of guanidine groups is 1. The molecule has 0 saturated carbocycles. The van der Waals surface area contributed by atoms with Gasteiger partial charge < -0.3 is 25.2 Å². The summed E-state index contributed by atoms with van der Waals surface area (Å²) >= 11 is 0. The number of benzene rings is 1. The number of amides is 1. The highest BCUT2D eigenvalue weighted by Gasteiger charge is 2.21. The topological polar surface area (TPSA) is 101 Å². The standard InChI is InChI=1S/C24H37N5O3/c1-7-19-18(21(8-2)32-29-19)15-26-22(25-9-3)27-16-20(17-13-11-10-12-14-17)28-23(30)31-24(4,5)6/h10-14,20H,7-9,15-16H2,1-6H3,(H,28,30)(H2,25,26,27). The van der Waals surface area contributed by atoms with Gasteiger partial charge in [0.25, 0.3) is 0 Å². The lowest BCUT2D eigenvalue weighted by Gasteiger charge is -2.25. The van der Waals surface area contributed by atoms with E-state index in [4.69, 9.17) is 14.3 Å². The maximum absolute atomic E-state index is 12.4. The van der Waals surface area contributed by atoms with Crippen molar-refractivity contribution in [2.45, 2.75) is 72.6 Å². The number of aromatic nitrogens is 1. The fourth-order valence-corrected chi connectivity index (χ4v) is 3.20. The van der Waals surface area contributed by atoms with Crippen molar-refractivity contribution in [3.63, 3.8) is 0 Å². The number of carbonyl (C=O) groups is 1. The van der Waals surface area contributed by atoms with E-state index in [0.29, 0.717) is 25.6 Å². The molecule has 0 bridgehead atoms. The van der Waals surface area contributed by atoms with E-state index in [1.807, 2.05) is 65.0 Å². The molecule has 0 spiro atoms. The predicted octanol–water partition coefficient (Wildman–Crippen LogP) is 4.12. The van der Waals surface area contributed by atoms with Crippen LogP contribution in [0.4, 0.5) is 4.79 Å². The Morgan fingerprint density at radius 2 is 1.84 bits per heavy atom. The quantitative estimate of drug-likeness (QED) is 0.398. The summed E-state index contributed by atoms with van der Waals surface area (Å²) < 4.78 is 10.9. The van der Waals surface area contributed by atoms with Gasteiger partial charge in [0.1, 0.15) is 11.4 Å². The Kier molecular flexibility index (Phi) is 9.56. The van der Waals surface area contributed by atoms with Crippen molar-refractivity contribution in [1.82, 2.24) is 21.1 Å². The number of nitrogens with one attached hydrogen (secondary N) is 3.